The van der Waals surface area contributed by atoms with Crippen LogP contribution >= 0.6 is 0 Å². The van der Waals surface area contributed by atoms with Gasteiger partial charge in [-0.2, -0.15) is 0 Å². The van der Waals surface area contributed by atoms with Gasteiger partial charge in [-0.05, 0) is 68.0 Å². The van der Waals surface area contributed by atoms with Crippen LogP contribution < -0.4 is 5.32 Å². The van der Waals surface area contributed by atoms with Crippen LogP contribution in [0.15, 0.2) is 36.5 Å². The summed E-state index contributed by atoms with van der Waals surface area (Å²) in [6, 6.07) is 9.01. The van der Waals surface area contributed by atoms with Crippen LogP contribution in [0.5, 0.6) is 0 Å². The molecule has 2 heterocycles. The summed E-state index contributed by atoms with van der Waals surface area (Å²) in [6.45, 7) is 7.70. The van der Waals surface area contributed by atoms with Crippen LogP contribution in [0.2, 0.25) is 0 Å². The molecule has 1 aromatic heterocycles. The Morgan fingerprint density at radius 1 is 1.15 bits per heavy atom. The highest BCUT2D eigenvalue weighted by atomic mass is 16.2. The van der Waals surface area contributed by atoms with Gasteiger partial charge in [0.05, 0.1) is 0 Å². The first kappa shape index (κ1) is 18.1. The average molecular weight is 351 g/mol. The van der Waals surface area contributed by atoms with Gasteiger partial charge >= 0.3 is 0 Å². The van der Waals surface area contributed by atoms with Crippen molar-refractivity contribution in [1.82, 2.24) is 9.88 Å². The van der Waals surface area contributed by atoms with Crippen molar-refractivity contribution < 1.29 is 9.59 Å². The molecule has 136 valence electrons. The maximum atomic E-state index is 12.7. The maximum absolute atomic E-state index is 12.7. The van der Waals surface area contributed by atoms with Gasteiger partial charge in [0.15, 0.2) is 0 Å². The molecular formula is C21H25N3O2. The maximum Gasteiger partial charge on any atom is 0.272 e. The lowest BCUT2D eigenvalue weighted by molar-refractivity contribution is 0.0677. The number of nitrogens with zero attached hydrogens (tertiary/aromatic N) is 2. The highest BCUT2D eigenvalue weighted by Gasteiger charge is 2.23. The topological polar surface area (TPSA) is 62.3 Å². The normalized spacial score (nSPS) is 17.0. The van der Waals surface area contributed by atoms with Crippen LogP contribution in [0.1, 0.15) is 51.7 Å². The van der Waals surface area contributed by atoms with Gasteiger partial charge in [0, 0.05) is 30.5 Å². The smallest absolute Gasteiger partial charge is 0.272 e. The molecule has 1 saturated heterocycles. The summed E-state index contributed by atoms with van der Waals surface area (Å²) in [4.78, 5) is 31.3. The van der Waals surface area contributed by atoms with Gasteiger partial charge in [-0.3, -0.25) is 14.6 Å². The van der Waals surface area contributed by atoms with Gasteiger partial charge in [-0.15, -0.1) is 0 Å². The van der Waals surface area contributed by atoms with E-state index in [1.165, 1.54) is 11.8 Å². The molecule has 2 amide bonds. The lowest BCUT2D eigenvalue weighted by Crippen LogP contribution is -2.39. The van der Waals surface area contributed by atoms with Crippen molar-refractivity contribution in [2.75, 3.05) is 18.4 Å². The summed E-state index contributed by atoms with van der Waals surface area (Å²) in [5.74, 6) is 0.165. The zero-order valence-electron chi connectivity index (χ0n) is 15.6. The number of benzene rings is 1. The van der Waals surface area contributed by atoms with Crippen molar-refractivity contribution in [1.29, 1.82) is 0 Å². The number of anilines is 1. The molecule has 1 fully saturated rings. The molecule has 0 radical (unpaired) electrons. The van der Waals surface area contributed by atoms with E-state index in [0.717, 1.165) is 37.2 Å². The van der Waals surface area contributed by atoms with Crippen molar-refractivity contribution in [3.63, 3.8) is 0 Å². The second-order valence-corrected chi connectivity index (χ2v) is 7.18. The van der Waals surface area contributed by atoms with Gasteiger partial charge in [0.2, 0.25) is 0 Å². The van der Waals surface area contributed by atoms with Gasteiger partial charge in [-0.1, -0.05) is 13.0 Å². The molecule has 1 unspecified atom stereocenters. The molecule has 1 aliphatic heterocycles. The minimum absolute atomic E-state index is 0.0996. The van der Waals surface area contributed by atoms with Crippen molar-refractivity contribution in [3.8, 4) is 0 Å². The van der Waals surface area contributed by atoms with Gasteiger partial charge < -0.3 is 10.2 Å². The number of piperidine rings is 1. The molecule has 2 aromatic rings. The number of rotatable bonds is 3. The lowest BCUT2D eigenvalue weighted by Gasteiger charge is -2.30. The number of aryl methyl sites for hydroxylation is 2. The Kier molecular flexibility index (Phi) is 5.35. The summed E-state index contributed by atoms with van der Waals surface area (Å²) < 4.78 is 0. The van der Waals surface area contributed by atoms with Crippen LogP contribution in [0.4, 0.5) is 5.69 Å². The van der Waals surface area contributed by atoms with Crippen molar-refractivity contribution in [3.05, 3.63) is 58.9 Å². The van der Waals surface area contributed by atoms with Crippen LogP contribution in [-0.4, -0.2) is 34.8 Å². The van der Waals surface area contributed by atoms with Crippen molar-refractivity contribution >= 4 is 17.5 Å². The van der Waals surface area contributed by atoms with Crippen LogP contribution in [0.25, 0.3) is 0 Å². The van der Waals surface area contributed by atoms with E-state index >= 15 is 0 Å². The third-order valence-corrected chi connectivity index (χ3v) is 4.95. The van der Waals surface area contributed by atoms with E-state index in [4.69, 9.17) is 0 Å². The molecule has 3 rings (SSSR count). The SMILES string of the molecule is Cc1ccc(NC(=O)c2ccnc(C(=O)N3CCCC(C)C3)c2)cc1C. The van der Waals surface area contributed by atoms with Gasteiger partial charge in [0.1, 0.15) is 5.69 Å². The van der Waals surface area contributed by atoms with E-state index in [0.29, 0.717) is 17.2 Å². The molecule has 1 aliphatic rings. The average Bonchev–Trinajstić information content (AvgIpc) is 2.64. The zero-order chi connectivity index (χ0) is 18.7. The van der Waals surface area contributed by atoms with Gasteiger partial charge in [0.25, 0.3) is 11.8 Å². The second kappa shape index (κ2) is 7.68. The highest BCUT2D eigenvalue weighted by molar-refractivity contribution is 6.05. The molecule has 0 bridgehead atoms. The van der Waals surface area contributed by atoms with Crippen LogP contribution in [0.3, 0.4) is 0 Å². The minimum Gasteiger partial charge on any atom is -0.337 e. The highest BCUT2D eigenvalue weighted by Crippen LogP contribution is 2.18. The number of aromatic nitrogens is 1. The summed E-state index contributed by atoms with van der Waals surface area (Å²) in [5.41, 5.74) is 3.80. The molecule has 0 spiro atoms. The summed E-state index contributed by atoms with van der Waals surface area (Å²) in [7, 11) is 0. The van der Waals surface area contributed by atoms with E-state index in [9.17, 15) is 9.59 Å². The Hall–Kier alpha value is -2.69. The standard InChI is InChI=1S/C21H25N3O2/c1-14-5-4-10-24(13-14)21(26)19-12-17(8-9-22-19)20(25)23-18-7-6-15(2)16(3)11-18/h6-9,11-12,14H,4-5,10,13H2,1-3H3,(H,23,25). The van der Waals surface area contributed by atoms with E-state index < -0.39 is 0 Å². The van der Waals surface area contributed by atoms with Crippen molar-refractivity contribution in [2.24, 2.45) is 5.92 Å². The molecule has 0 saturated carbocycles. The molecule has 1 atom stereocenters. The fraction of sp³-hybridized carbons (Fsp3) is 0.381. The lowest BCUT2D eigenvalue weighted by atomic mass is 10.00. The predicted octanol–water partition coefficient (Wildman–Crippen LogP) is 3.82. The third kappa shape index (κ3) is 4.10. The summed E-state index contributed by atoms with van der Waals surface area (Å²) in [5, 5.41) is 2.89. The molecule has 1 aromatic carbocycles. The number of hydrogen-bond donors (Lipinski definition) is 1. The Bertz CT molecular complexity index is 832. The third-order valence-electron chi connectivity index (χ3n) is 4.95. The number of carbonyl (C=O) groups is 2. The number of likely N-dealkylation sites (tertiary alicyclic amines) is 1. The number of hydrogen-bond acceptors (Lipinski definition) is 3. The Labute approximate surface area is 154 Å². The monoisotopic (exact) mass is 351 g/mol. The first-order valence-corrected chi connectivity index (χ1v) is 9.08. The summed E-state index contributed by atoms with van der Waals surface area (Å²) in [6.07, 6.45) is 3.69. The molecule has 26 heavy (non-hydrogen) atoms. The molecule has 5 nitrogen and oxygen atoms in total. The number of pyridine rings is 1. The van der Waals surface area contributed by atoms with Gasteiger partial charge in [-0.25, -0.2) is 0 Å². The molecule has 0 aliphatic carbocycles. The van der Waals surface area contributed by atoms with E-state index in [2.05, 4.69) is 17.2 Å². The predicted molar refractivity (Wildman–Crippen MR) is 102 cm³/mol. The van der Waals surface area contributed by atoms with E-state index in [1.54, 1.807) is 12.1 Å². The summed E-state index contributed by atoms with van der Waals surface area (Å²) >= 11 is 0. The number of carbonyl (C=O) groups excluding carboxylic acids is 2. The molecule has 5 heteroatoms. The molecule has 1 N–H and O–H groups in total. The second-order valence-electron chi connectivity index (χ2n) is 7.18. The minimum atomic E-state index is -0.239. The zero-order valence-corrected chi connectivity index (χ0v) is 15.6. The Morgan fingerprint density at radius 2 is 1.96 bits per heavy atom. The number of nitrogens with one attached hydrogen (secondary N) is 1. The first-order chi connectivity index (χ1) is 12.4. The fourth-order valence-electron chi connectivity index (χ4n) is 3.25. The molecular weight excluding hydrogens is 326 g/mol. The first-order valence-electron chi connectivity index (χ1n) is 9.08. The Balaban J connectivity index is 1.74. The Morgan fingerprint density at radius 3 is 2.69 bits per heavy atom. The number of amides is 2. The largest absolute Gasteiger partial charge is 0.337 e. The van der Waals surface area contributed by atoms with E-state index in [1.807, 2.05) is 36.9 Å². The quantitative estimate of drug-likeness (QED) is 0.914. The van der Waals surface area contributed by atoms with Crippen LogP contribution in [-0.2, 0) is 0 Å². The van der Waals surface area contributed by atoms with Crippen LogP contribution in [0, 0.1) is 19.8 Å². The van der Waals surface area contributed by atoms with Crippen molar-refractivity contribution in [2.45, 2.75) is 33.6 Å². The fourth-order valence-corrected chi connectivity index (χ4v) is 3.25. The van der Waals surface area contributed by atoms with E-state index in [-0.39, 0.29) is 11.8 Å².